The lowest BCUT2D eigenvalue weighted by molar-refractivity contribution is 0.185. The zero-order valence-electron chi connectivity index (χ0n) is 34.1. The van der Waals surface area contributed by atoms with E-state index in [9.17, 15) is 0 Å². The van der Waals surface area contributed by atoms with Gasteiger partial charge in [-0.25, -0.2) is 0 Å². The maximum atomic E-state index is 6.53. The molecule has 6 aromatic carbocycles. The maximum absolute atomic E-state index is 6.53. The highest BCUT2D eigenvalue weighted by atomic mass is 79.9. The van der Waals surface area contributed by atoms with Crippen molar-refractivity contribution in [1.29, 1.82) is 0 Å². The van der Waals surface area contributed by atoms with Crippen LogP contribution in [0.3, 0.4) is 0 Å². The van der Waals surface area contributed by atoms with Gasteiger partial charge in [0.25, 0.3) is 0 Å². The Labute approximate surface area is 387 Å². The summed E-state index contributed by atoms with van der Waals surface area (Å²) >= 11 is 14.5. The molecule has 0 aliphatic carbocycles. The van der Waals surface area contributed by atoms with Crippen LogP contribution in [-0.4, -0.2) is 82.2 Å². The summed E-state index contributed by atoms with van der Waals surface area (Å²) in [6, 6.07) is 30.0. The number of likely N-dealkylation sites (N-methyl/N-ethyl adjacent to an activating group) is 1. The van der Waals surface area contributed by atoms with Crippen LogP contribution in [0.15, 0.2) is 103 Å². The molecule has 1 aliphatic heterocycles. The predicted octanol–water partition coefficient (Wildman–Crippen LogP) is 14.5. The van der Waals surface area contributed by atoms with E-state index in [0.717, 1.165) is 99.7 Å². The van der Waals surface area contributed by atoms with E-state index in [2.05, 4.69) is 192 Å². The number of aromatic amines is 4. The molecule has 0 amide bonds. The van der Waals surface area contributed by atoms with E-state index in [-0.39, 0.29) is 0 Å². The SMILES string of the molecule is Brc1ccc2[nH]c3c(OCCN4CCCCC4)c4[nH]c5ccc(Br)cc5c4cc3c2c1.CCN(CC)CCOc1c2[nH]c3ccc(Br)cc3c2cc2c1[nH]c1ccc(Br)cc12. The van der Waals surface area contributed by atoms with Crippen molar-refractivity contribution in [3.05, 3.63) is 103 Å². The molecular formula is C49H46Br4N6O2. The number of H-pyrrole nitrogens is 4. The third-order valence-corrected chi connectivity index (χ3v) is 14.3. The topological polar surface area (TPSA) is 88.1 Å². The fraction of sp³-hybridized carbons (Fsp3) is 0.265. The van der Waals surface area contributed by atoms with E-state index < -0.39 is 0 Å². The van der Waals surface area contributed by atoms with Gasteiger partial charge in [0, 0.05) is 96.1 Å². The van der Waals surface area contributed by atoms with Crippen LogP contribution in [0.25, 0.3) is 87.2 Å². The number of nitrogens with zero attached hydrogens (tertiary/aromatic N) is 2. The van der Waals surface area contributed by atoms with Crippen molar-refractivity contribution in [1.82, 2.24) is 29.7 Å². The Morgan fingerprint density at radius 2 is 0.836 bits per heavy atom. The van der Waals surface area contributed by atoms with Gasteiger partial charge in [-0.15, -0.1) is 0 Å². The molecule has 0 radical (unpaired) electrons. The molecule has 0 spiro atoms. The van der Waals surface area contributed by atoms with E-state index in [1.165, 1.54) is 75.4 Å². The number of halogens is 4. The van der Waals surface area contributed by atoms with Gasteiger partial charge in [-0.2, -0.15) is 0 Å². The molecule has 10 aromatic rings. The maximum Gasteiger partial charge on any atom is 0.167 e. The van der Waals surface area contributed by atoms with Gasteiger partial charge < -0.3 is 34.3 Å². The van der Waals surface area contributed by atoms with Gasteiger partial charge in [0.1, 0.15) is 13.2 Å². The van der Waals surface area contributed by atoms with Crippen molar-refractivity contribution in [3.63, 3.8) is 0 Å². The average Bonchev–Trinajstić information content (AvgIpc) is 4.03. The summed E-state index contributed by atoms with van der Waals surface area (Å²) in [6.07, 6.45) is 3.95. The van der Waals surface area contributed by atoms with Crippen molar-refractivity contribution >= 4 is 151 Å². The van der Waals surface area contributed by atoms with Crippen molar-refractivity contribution < 1.29 is 9.47 Å². The second-order valence-electron chi connectivity index (χ2n) is 16.0. The van der Waals surface area contributed by atoms with Crippen molar-refractivity contribution in [2.45, 2.75) is 33.1 Å². The largest absolute Gasteiger partial charge is 0.488 e. The molecule has 0 saturated carbocycles. The van der Waals surface area contributed by atoms with Crippen molar-refractivity contribution in [2.75, 3.05) is 52.5 Å². The monoisotopic (exact) mass is 1070 g/mol. The van der Waals surface area contributed by atoms with Crippen molar-refractivity contribution in [3.8, 4) is 11.5 Å². The predicted molar refractivity (Wildman–Crippen MR) is 270 cm³/mol. The lowest BCUT2D eigenvalue weighted by Gasteiger charge is -2.26. The minimum Gasteiger partial charge on any atom is -0.488 e. The molecule has 1 fully saturated rings. The lowest BCUT2D eigenvalue weighted by atomic mass is 10.1. The summed E-state index contributed by atoms with van der Waals surface area (Å²) in [7, 11) is 0. The number of fused-ring (bicyclic) bond motifs is 12. The van der Waals surface area contributed by atoms with Crippen LogP contribution in [0.4, 0.5) is 0 Å². The molecule has 0 unspecified atom stereocenters. The number of nitrogens with one attached hydrogen (secondary N) is 4. The van der Waals surface area contributed by atoms with E-state index in [1.807, 2.05) is 0 Å². The van der Waals surface area contributed by atoms with Crippen LogP contribution in [-0.2, 0) is 0 Å². The van der Waals surface area contributed by atoms with Gasteiger partial charge in [0.05, 0.1) is 22.1 Å². The number of aromatic nitrogens is 4. The molecule has 1 saturated heterocycles. The Hall–Kier alpha value is -4.04. The highest BCUT2D eigenvalue weighted by Gasteiger charge is 2.20. The number of ether oxygens (including phenoxy) is 2. The van der Waals surface area contributed by atoms with E-state index in [4.69, 9.17) is 9.47 Å². The fourth-order valence-corrected chi connectivity index (χ4v) is 10.6. The molecule has 0 atom stereocenters. The number of likely N-dealkylation sites (tertiary alicyclic amines) is 1. The van der Waals surface area contributed by atoms with E-state index in [1.54, 1.807) is 0 Å². The number of piperidine rings is 1. The average molecular weight is 1070 g/mol. The summed E-state index contributed by atoms with van der Waals surface area (Å²) in [5.74, 6) is 1.82. The number of rotatable bonds is 10. The summed E-state index contributed by atoms with van der Waals surface area (Å²) < 4.78 is 17.3. The van der Waals surface area contributed by atoms with Crippen LogP contribution in [0.1, 0.15) is 33.1 Å². The van der Waals surface area contributed by atoms with E-state index >= 15 is 0 Å². The standard InChI is InChI=1S/C25H23Br2N3O.C24H23Br2N3O/c26-15-4-6-21-17(12-15)19-14-20-18-13-16(27)5-7-22(18)29-24(20)25(23(19)28-21)31-11-10-30-8-2-1-3-9-30;1-3-29(4-2)9-10-30-24-22-18(16-11-14(25)5-7-20(16)27-22)13-19-17-12-15(26)6-8-21(17)28-23(19)24/h4-7,12-14,28-29H,1-3,8-11H2;5-8,11-13,27-28H,3-4,9-10H2,1-2H3. The summed E-state index contributed by atoms with van der Waals surface area (Å²) in [6.45, 7) is 12.0. The quantitative estimate of drug-likeness (QED) is 0.110. The molecular weight excluding hydrogens is 1020 g/mol. The summed E-state index contributed by atoms with van der Waals surface area (Å²) in [5.41, 5.74) is 8.67. The molecule has 1 aliphatic rings. The fourth-order valence-electron chi connectivity index (χ4n) is 9.16. The van der Waals surface area contributed by atoms with Gasteiger partial charge in [-0.05, 0) is 124 Å². The molecule has 5 heterocycles. The number of hydrogen-bond donors (Lipinski definition) is 4. The third-order valence-electron chi connectivity index (χ3n) is 12.3. The summed E-state index contributed by atoms with van der Waals surface area (Å²) in [4.78, 5) is 19.3. The summed E-state index contributed by atoms with van der Waals surface area (Å²) in [5, 5.41) is 9.54. The first kappa shape index (κ1) is 41.0. The van der Waals surface area contributed by atoms with Gasteiger partial charge in [0.2, 0.25) is 0 Å². The van der Waals surface area contributed by atoms with Crippen LogP contribution in [0.2, 0.25) is 0 Å². The van der Waals surface area contributed by atoms with Gasteiger partial charge >= 0.3 is 0 Å². The molecule has 4 aromatic heterocycles. The van der Waals surface area contributed by atoms with Crippen molar-refractivity contribution in [2.24, 2.45) is 0 Å². The Morgan fingerprint density at radius 3 is 1.20 bits per heavy atom. The number of benzene rings is 6. The molecule has 61 heavy (non-hydrogen) atoms. The zero-order chi connectivity index (χ0) is 41.8. The highest BCUT2D eigenvalue weighted by molar-refractivity contribution is 9.11. The third kappa shape index (κ3) is 7.86. The molecule has 0 bridgehead atoms. The zero-order valence-corrected chi connectivity index (χ0v) is 40.4. The van der Waals surface area contributed by atoms with Crippen LogP contribution in [0, 0.1) is 0 Å². The minimum absolute atomic E-state index is 0.647. The molecule has 8 nitrogen and oxygen atoms in total. The van der Waals surface area contributed by atoms with E-state index in [0.29, 0.717) is 13.2 Å². The second kappa shape index (κ2) is 17.3. The lowest BCUT2D eigenvalue weighted by Crippen LogP contribution is -2.33. The molecule has 4 N–H and O–H groups in total. The van der Waals surface area contributed by atoms with Crippen LogP contribution < -0.4 is 9.47 Å². The Bertz CT molecular complexity index is 3060. The molecule has 11 rings (SSSR count). The second-order valence-corrected chi connectivity index (χ2v) is 19.7. The van der Waals surface area contributed by atoms with Gasteiger partial charge in [-0.3, -0.25) is 4.90 Å². The minimum atomic E-state index is 0.647. The number of hydrogen-bond acceptors (Lipinski definition) is 4. The highest BCUT2D eigenvalue weighted by Crippen LogP contribution is 2.43. The Kier molecular flexibility index (Phi) is 11.6. The Balaban J connectivity index is 0.000000146. The first-order valence-electron chi connectivity index (χ1n) is 21.2. The molecule has 12 heteroatoms. The first-order valence-corrected chi connectivity index (χ1v) is 24.3. The van der Waals surface area contributed by atoms with Crippen LogP contribution >= 0.6 is 63.7 Å². The first-order chi connectivity index (χ1) is 29.8. The normalized spacial score (nSPS) is 13.9. The van der Waals surface area contributed by atoms with Gasteiger partial charge in [-0.1, -0.05) is 84.0 Å². The Morgan fingerprint density at radius 1 is 0.475 bits per heavy atom. The smallest absolute Gasteiger partial charge is 0.167 e. The van der Waals surface area contributed by atoms with Gasteiger partial charge in [0.15, 0.2) is 11.5 Å². The van der Waals surface area contributed by atoms with Crippen LogP contribution in [0.5, 0.6) is 11.5 Å². The molecule has 312 valence electrons.